The van der Waals surface area contributed by atoms with E-state index in [0.29, 0.717) is 69.3 Å². The number of benzene rings is 1. The number of ether oxygens (including phenoxy) is 1. The van der Waals surface area contributed by atoms with E-state index in [-0.39, 0.29) is 17.5 Å². The summed E-state index contributed by atoms with van der Waals surface area (Å²) in [7, 11) is -1.97. The number of sulfonamides is 1. The van der Waals surface area contributed by atoms with Crippen molar-refractivity contribution in [2.75, 3.05) is 66.1 Å². The van der Waals surface area contributed by atoms with Gasteiger partial charge in [-0.25, -0.2) is 8.42 Å². The van der Waals surface area contributed by atoms with Crippen LogP contribution in [0.25, 0.3) is 0 Å². The van der Waals surface area contributed by atoms with Crippen LogP contribution in [-0.2, 0) is 14.8 Å². The molecule has 9 nitrogen and oxygen atoms in total. The van der Waals surface area contributed by atoms with Crippen LogP contribution < -0.4 is 10.1 Å². The molecule has 2 atom stereocenters. The van der Waals surface area contributed by atoms with Crippen LogP contribution in [0, 0.1) is 0 Å². The van der Waals surface area contributed by atoms with Crippen LogP contribution in [0.4, 0.5) is 4.39 Å². The number of nitrogens with zero attached hydrogens (tertiary/aromatic N) is 4. The number of piperazine rings is 1. The first-order chi connectivity index (χ1) is 17.7. The van der Waals surface area contributed by atoms with Crippen LogP contribution in [-0.4, -0.2) is 105 Å². The molecule has 1 N–H and O–H groups in total. The Kier molecular flexibility index (Phi) is 9.00. The molecule has 3 aliphatic rings. The minimum atomic E-state index is -3.77. The van der Waals surface area contributed by atoms with Crippen LogP contribution in [0.15, 0.2) is 34.4 Å². The fourth-order valence-corrected chi connectivity index (χ4v) is 7.05. The fraction of sp³-hybridized carbons (Fsp3) is 0.640. The van der Waals surface area contributed by atoms with Gasteiger partial charge in [0.1, 0.15) is 11.4 Å². The molecule has 0 radical (unpaired) electrons. The summed E-state index contributed by atoms with van der Waals surface area (Å²) in [4.78, 5) is 19.2. The molecule has 37 heavy (non-hydrogen) atoms. The highest BCUT2D eigenvalue weighted by Crippen LogP contribution is 2.41. The van der Waals surface area contributed by atoms with Gasteiger partial charge in [0, 0.05) is 58.4 Å². The second-order valence-corrected chi connectivity index (χ2v) is 11.9. The molecule has 3 aliphatic heterocycles. The predicted molar refractivity (Wildman–Crippen MR) is 141 cm³/mol. The summed E-state index contributed by atoms with van der Waals surface area (Å²) in [5.74, 6) is 0.304. The van der Waals surface area contributed by atoms with E-state index in [2.05, 4.69) is 22.0 Å². The third kappa shape index (κ3) is 5.61. The molecule has 12 heteroatoms. The van der Waals surface area contributed by atoms with Crippen LogP contribution >= 0.6 is 11.6 Å². The standard InChI is InChI=1S/C25H37ClFN5O4S/c1-4-10-31-17-20-22(28-24(33)23(20)29(3)25(31)26)19-16-18(7-8-21(19)36-5-2)37(34,35)32-14-12-30(13-15-32)11-6-9-27/h7-8,16,22,25H,4-6,9-15,17H2,1-3H3,(H,28,33). The van der Waals surface area contributed by atoms with Gasteiger partial charge >= 0.3 is 0 Å². The van der Waals surface area contributed by atoms with Crippen molar-refractivity contribution < 1.29 is 22.3 Å². The molecule has 1 fully saturated rings. The number of halogens is 2. The maximum Gasteiger partial charge on any atom is 0.268 e. The summed E-state index contributed by atoms with van der Waals surface area (Å²) in [5, 5.41) is 3.04. The molecule has 0 spiro atoms. The van der Waals surface area contributed by atoms with Gasteiger partial charge in [0.25, 0.3) is 5.91 Å². The molecule has 0 saturated carbocycles. The molecule has 1 aromatic rings. The molecular formula is C25H37ClFN5O4S. The van der Waals surface area contributed by atoms with Gasteiger partial charge in [-0.3, -0.25) is 14.1 Å². The minimum Gasteiger partial charge on any atom is -0.494 e. The number of rotatable bonds is 10. The Hall–Kier alpha value is -1.92. The fourth-order valence-electron chi connectivity index (χ4n) is 5.33. The van der Waals surface area contributed by atoms with Crippen molar-refractivity contribution in [2.45, 2.75) is 43.3 Å². The smallest absolute Gasteiger partial charge is 0.268 e. The van der Waals surface area contributed by atoms with Crippen LogP contribution in [0.1, 0.15) is 38.3 Å². The largest absolute Gasteiger partial charge is 0.494 e. The lowest BCUT2D eigenvalue weighted by atomic mass is 9.97. The van der Waals surface area contributed by atoms with Crippen molar-refractivity contribution >= 4 is 27.5 Å². The minimum absolute atomic E-state index is 0.163. The molecule has 0 aliphatic carbocycles. The average molecular weight is 558 g/mol. The molecule has 0 bridgehead atoms. The van der Waals surface area contributed by atoms with Gasteiger partial charge in [-0.2, -0.15) is 4.31 Å². The summed E-state index contributed by atoms with van der Waals surface area (Å²) in [6, 6.07) is 4.35. The quantitative estimate of drug-likeness (QED) is 0.349. The number of amides is 1. The zero-order valence-corrected chi connectivity index (χ0v) is 23.3. The molecule has 1 saturated heterocycles. The van der Waals surface area contributed by atoms with E-state index < -0.39 is 21.7 Å². The topological polar surface area (TPSA) is 85.4 Å². The average Bonchev–Trinajstić information content (AvgIpc) is 3.22. The second-order valence-electron chi connectivity index (χ2n) is 9.59. The highest BCUT2D eigenvalue weighted by molar-refractivity contribution is 7.89. The van der Waals surface area contributed by atoms with E-state index in [4.69, 9.17) is 16.3 Å². The molecule has 2 unspecified atom stereocenters. The van der Waals surface area contributed by atoms with Crippen LogP contribution in [0.3, 0.4) is 0 Å². The summed E-state index contributed by atoms with van der Waals surface area (Å²) < 4.78 is 47.1. The van der Waals surface area contributed by atoms with Gasteiger partial charge < -0.3 is 19.9 Å². The number of hydrogen-bond donors (Lipinski definition) is 1. The molecule has 0 aromatic heterocycles. The van der Waals surface area contributed by atoms with Crippen molar-refractivity contribution in [2.24, 2.45) is 0 Å². The normalized spacial score (nSPS) is 23.9. The first-order valence-electron chi connectivity index (χ1n) is 12.9. The van der Waals surface area contributed by atoms with Gasteiger partial charge in [0.05, 0.1) is 24.2 Å². The molecule has 1 amide bonds. The first kappa shape index (κ1) is 28.1. The zero-order chi connectivity index (χ0) is 26.7. The Balaban J connectivity index is 1.66. The number of alkyl halides is 2. The van der Waals surface area contributed by atoms with Gasteiger partial charge in [0.2, 0.25) is 10.0 Å². The van der Waals surface area contributed by atoms with E-state index in [0.717, 1.165) is 18.5 Å². The van der Waals surface area contributed by atoms with Crippen LogP contribution in [0.2, 0.25) is 0 Å². The molecule has 3 heterocycles. The zero-order valence-electron chi connectivity index (χ0n) is 21.8. The Morgan fingerprint density at radius 3 is 2.54 bits per heavy atom. The van der Waals surface area contributed by atoms with Crippen molar-refractivity contribution in [3.63, 3.8) is 0 Å². The van der Waals surface area contributed by atoms with E-state index in [1.54, 1.807) is 30.1 Å². The number of nitrogens with one attached hydrogen (secondary N) is 1. The Bertz CT molecular complexity index is 1130. The molecule has 4 rings (SSSR count). The van der Waals surface area contributed by atoms with Crippen molar-refractivity contribution in [3.05, 3.63) is 35.0 Å². The predicted octanol–water partition coefficient (Wildman–Crippen LogP) is 2.36. The lowest BCUT2D eigenvalue weighted by Crippen LogP contribution is -2.49. The van der Waals surface area contributed by atoms with E-state index in [9.17, 15) is 17.6 Å². The van der Waals surface area contributed by atoms with Gasteiger partial charge in [-0.05, 0) is 43.5 Å². The summed E-state index contributed by atoms with van der Waals surface area (Å²) in [5.41, 5.74) is 1.55. The van der Waals surface area contributed by atoms with E-state index >= 15 is 0 Å². The lowest BCUT2D eigenvalue weighted by Gasteiger charge is -2.40. The number of carbonyl (C=O) groups excluding carboxylic acids is 1. The number of carbonyl (C=O) groups is 1. The Morgan fingerprint density at radius 1 is 1.16 bits per heavy atom. The second kappa shape index (κ2) is 11.9. The van der Waals surface area contributed by atoms with Crippen molar-refractivity contribution in [3.8, 4) is 5.75 Å². The number of hydrogen-bond acceptors (Lipinski definition) is 7. The Labute approximate surface area is 224 Å². The van der Waals surface area contributed by atoms with Crippen LogP contribution in [0.5, 0.6) is 5.75 Å². The Morgan fingerprint density at radius 2 is 1.89 bits per heavy atom. The molecule has 206 valence electrons. The van der Waals surface area contributed by atoms with E-state index in [1.165, 1.54) is 4.31 Å². The van der Waals surface area contributed by atoms with E-state index in [1.807, 2.05) is 6.92 Å². The van der Waals surface area contributed by atoms with Gasteiger partial charge in [-0.15, -0.1) is 0 Å². The third-order valence-electron chi connectivity index (χ3n) is 7.17. The SMILES string of the molecule is CCCN1CC2=C(C(=O)NC2c2cc(S(=O)(=O)N3CCN(CCCF)CC3)ccc2OCC)N(C)C1Cl. The molecular weight excluding hydrogens is 521 g/mol. The third-order valence-corrected chi connectivity index (χ3v) is 9.63. The maximum absolute atomic E-state index is 13.6. The highest BCUT2D eigenvalue weighted by atomic mass is 35.5. The molecule has 1 aromatic carbocycles. The summed E-state index contributed by atoms with van der Waals surface area (Å²) in [6.45, 7) is 7.68. The van der Waals surface area contributed by atoms with Gasteiger partial charge in [-0.1, -0.05) is 18.5 Å². The number of likely N-dealkylation sites (N-methyl/N-ethyl adjacent to an activating group) is 1. The lowest BCUT2D eigenvalue weighted by molar-refractivity contribution is -0.118. The summed E-state index contributed by atoms with van der Waals surface area (Å²) in [6.07, 6.45) is 1.36. The summed E-state index contributed by atoms with van der Waals surface area (Å²) >= 11 is 6.63. The monoisotopic (exact) mass is 557 g/mol. The highest BCUT2D eigenvalue weighted by Gasteiger charge is 2.43. The van der Waals surface area contributed by atoms with Crippen molar-refractivity contribution in [1.29, 1.82) is 0 Å². The maximum atomic E-state index is 13.6. The van der Waals surface area contributed by atoms with Crippen molar-refractivity contribution in [1.82, 2.24) is 24.3 Å². The first-order valence-corrected chi connectivity index (χ1v) is 14.8. The van der Waals surface area contributed by atoms with Gasteiger partial charge in [0.15, 0.2) is 5.62 Å².